The largest absolute Gasteiger partial charge is 0.373 e. The van der Waals surface area contributed by atoms with Gasteiger partial charge in [0, 0.05) is 42.5 Å². The lowest BCUT2D eigenvalue weighted by atomic mass is 9.90. The van der Waals surface area contributed by atoms with Crippen LogP contribution in [-0.4, -0.2) is 27.9 Å². The van der Waals surface area contributed by atoms with Gasteiger partial charge >= 0.3 is 0 Å². The number of hydrogen-bond donors (Lipinski definition) is 2. The van der Waals surface area contributed by atoms with Gasteiger partial charge < -0.3 is 10.6 Å². The molecule has 0 unspecified atom stereocenters. The standard InChI is InChI=1S/C28H26N6O/c1-18-5-6-22(34-27(35)21-9-11-32-25(14-21)28(2,3)17-29)16-23(18)19-7-10-31-24(13-19)20-8-12-33-26(15-20)30-4/h5-16H,1-4H3,(H,30,33)(H,34,35). The number of aromatic nitrogens is 3. The number of nitriles is 1. The Morgan fingerprint density at radius 2 is 1.66 bits per heavy atom. The molecule has 1 aromatic carbocycles. The second kappa shape index (κ2) is 9.74. The fourth-order valence-electron chi connectivity index (χ4n) is 3.67. The van der Waals surface area contributed by atoms with Gasteiger partial charge in [-0.15, -0.1) is 0 Å². The van der Waals surface area contributed by atoms with Gasteiger partial charge in [-0.25, -0.2) is 4.98 Å². The van der Waals surface area contributed by atoms with Crippen molar-refractivity contribution >= 4 is 17.4 Å². The van der Waals surface area contributed by atoms with Crippen molar-refractivity contribution in [3.63, 3.8) is 0 Å². The third kappa shape index (κ3) is 5.17. The van der Waals surface area contributed by atoms with Crippen molar-refractivity contribution in [2.24, 2.45) is 0 Å². The first kappa shape index (κ1) is 23.6. The molecule has 0 bridgehead atoms. The molecule has 0 radical (unpaired) electrons. The number of anilines is 2. The maximum absolute atomic E-state index is 13.0. The van der Waals surface area contributed by atoms with Crippen molar-refractivity contribution in [3.05, 3.63) is 90.0 Å². The van der Waals surface area contributed by atoms with Gasteiger partial charge in [-0.3, -0.25) is 14.8 Å². The predicted molar refractivity (Wildman–Crippen MR) is 138 cm³/mol. The summed E-state index contributed by atoms with van der Waals surface area (Å²) in [4.78, 5) is 26.0. The number of pyridine rings is 3. The van der Waals surface area contributed by atoms with Gasteiger partial charge in [-0.1, -0.05) is 6.07 Å². The molecule has 7 heteroatoms. The Bertz CT molecular complexity index is 1440. The smallest absolute Gasteiger partial charge is 0.255 e. The van der Waals surface area contributed by atoms with E-state index < -0.39 is 5.41 Å². The van der Waals surface area contributed by atoms with E-state index in [1.165, 1.54) is 0 Å². The number of nitrogens with zero attached hydrogens (tertiary/aromatic N) is 4. The summed E-state index contributed by atoms with van der Waals surface area (Å²) >= 11 is 0. The van der Waals surface area contributed by atoms with Crippen LogP contribution in [-0.2, 0) is 5.41 Å². The fourth-order valence-corrected chi connectivity index (χ4v) is 3.67. The van der Waals surface area contributed by atoms with Gasteiger partial charge in [0.05, 0.1) is 22.9 Å². The van der Waals surface area contributed by atoms with E-state index in [2.05, 4.69) is 31.7 Å². The summed E-state index contributed by atoms with van der Waals surface area (Å²) in [5.74, 6) is 0.511. The van der Waals surface area contributed by atoms with Crippen LogP contribution < -0.4 is 10.6 Å². The molecular weight excluding hydrogens is 436 g/mol. The van der Waals surface area contributed by atoms with Crippen LogP contribution >= 0.6 is 0 Å². The Morgan fingerprint density at radius 1 is 0.914 bits per heavy atom. The number of aryl methyl sites for hydroxylation is 1. The molecule has 174 valence electrons. The highest BCUT2D eigenvalue weighted by Gasteiger charge is 2.22. The highest BCUT2D eigenvalue weighted by molar-refractivity contribution is 6.04. The van der Waals surface area contributed by atoms with E-state index in [0.29, 0.717) is 16.9 Å². The molecule has 0 saturated heterocycles. The third-order valence-electron chi connectivity index (χ3n) is 5.82. The Morgan fingerprint density at radius 3 is 2.43 bits per heavy atom. The molecule has 0 aliphatic carbocycles. The van der Waals surface area contributed by atoms with Crippen molar-refractivity contribution in [1.29, 1.82) is 5.26 Å². The van der Waals surface area contributed by atoms with Gasteiger partial charge in [0.2, 0.25) is 0 Å². The molecule has 3 heterocycles. The summed E-state index contributed by atoms with van der Waals surface area (Å²) in [7, 11) is 1.83. The van der Waals surface area contributed by atoms with Crippen molar-refractivity contribution in [1.82, 2.24) is 15.0 Å². The van der Waals surface area contributed by atoms with E-state index >= 15 is 0 Å². The maximum Gasteiger partial charge on any atom is 0.255 e. The van der Waals surface area contributed by atoms with Crippen molar-refractivity contribution in [2.45, 2.75) is 26.2 Å². The van der Waals surface area contributed by atoms with Crippen molar-refractivity contribution in [2.75, 3.05) is 17.7 Å². The Labute approximate surface area is 204 Å². The lowest BCUT2D eigenvalue weighted by Gasteiger charge is -2.15. The highest BCUT2D eigenvalue weighted by Crippen LogP contribution is 2.30. The first-order chi connectivity index (χ1) is 16.8. The van der Waals surface area contributed by atoms with Crippen LogP contribution in [0.15, 0.2) is 73.2 Å². The fraction of sp³-hybridized carbons (Fsp3) is 0.179. The lowest BCUT2D eigenvalue weighted by Crippen LogP contribution is -2.18. The molecule has 0 fully saturated rings. The van der Waals surface area contributed by atoms with Crippen LogP contribution in [0.3, 0.4) is 0 Å². The van der Waals surface area contributed by atoms with Crippen LogP contribution in [0.25, 0.3) is 22.4 Å². The second-order valence-electron chi connectivity index (χ2n) is 8.76. The van der Waals surface area contributed by atoms with Crippen LogP contribution in [0.5, 0.6) is 0 Å². The Balaban J connectivity index is 1.62. The Hall–Kier alpha value is -4.57. The van der Waals surface area contributed by atoms with Gasteiger partial charge in [0.1, 0.15) is 5.82 Å². The molecule has 7 nitrogen and oxygen atoms in total. The number of benzene rings is 1. The summed E-state index contributed by atoms with van der Waals surface area (Å²) in [6, 6.07) is 19.2. The number of carbonyl (C=O) groups excluding carboxylic acids is 1. The average Bonchev–Trinajstić information content (AvgIpc) is 2.90. The molecule has 0 spiro atoms. The van der Waals surface area contributed by atoms with Gasteiger partial charge in [0.15, 0.2) is 0 Å². The van der Waals surface area contributed by atoms with Crippen LogP contribution in [0.1, 0.15) is 35.5 Å². The zero-order valence-electron chi connectivity index (χ0n) is 20.1. The molecular formula is C28H26N6O. The normalized spacial score (nSPS) is 10.9. The number of amides is 1. The van der Waals surface area contributed by atoms with E-state index in [0.717, 1.165) is 33.8 Å². The average molecular weight is 463 g/mol. The molecule has 0 saturated carbocycles. The number of rotatable bonds is 6. The van der Waals surface area contributed by atoms with Crippen molar-refractivity contribution < 1.29 is 4.79 Å². The summed E-state index contributed by atoms with van der Waals surface area (Å²) in [6.45, 7) is 5.58. The summed E-state index contributed by atoms with van der Waals surface area (Å²) in [6.07, 6.45) is 5.09. The Kier molecular flexibility index (Phi) is 6.56. The minimum Gasteiger partial charge on any atom is -0.373 e. The van der Waals surface area contributed by atoms with Gasteiger partial charge in [-0.2, -0.15) is 5.26 Å². The van der Waals surface area contributed by atoms with Crippen molar-refractivity contribution in [3.8, 4) is 28.5 Å². The molecule has 1 amide bonds. The predicted octanol–water partition coefficient (Wildman–Crippen LogP) is 5.61. The topological polar surface area (TPSA) is 104 Å². The van der Waals surface area contributed by atoms with E-state index in [-0.39, 0.29) is 5.91 Å². The summed E-state index contributed by atoms with van der Waals surface area (Å²) in [5, 5.41) is 15.4. The van der Waals surface area contributed by atoms with E-state index in [4.69, 9.17) is 0 Å². The zero-order valence-corrected chi connectivity index (χ0v) is 20.1. The highest BCUT2D eigenvalue weighted by atomic mass is 16.1. The third-order valence-corrected chi connectivity index (χ3v) is 5.82. The van der Waals surface area contributed by atoms with Crippen LogP contribution in [0.4, 0.5) is 11.5 Å². The molecule has 4 rings (SSSR count). The number of carbonyl (C=O) groups is 1. The van der Waals surface area contributed by atoms with E-state index in [1.54, 1.807) is 44.6 Å². The van der Waals surface area contributed by atoms with Crippen LogP contribution in [0.2, 0.25) is 0 Å². The summed E-state index contributed by atoms with van der Waals surface area (Å²) in [5.41, 5.74) is 5.75. The molecule has 4 aromatic rings. The minimum absolute atomic E-state index is 0.260. The van der Waals surface area contributed by atoms with E-state index in [1.807, 2.05) is 56.4 Å². The van der Waals surface area contributed by atoms with Gasteiger partial charge in [0.25, 0.3) is 5.91 Å². The minimum atomic E-state index is -0.783. The molecule has 0 aliphatic rings. The second-order valence-corrected chi connectivity index (χ2v) is 8.76. The molecule has 3 aromatic heterocycles. The monoisotopic (exact) mass is 462 g/mol. The summed E-state index contributed by atoms with van der Waals surface area (Å²) < 4.78 is 0. The number of hydrogen-bond acceptors (Lipinski definition) is 6. The van der Waals surface area contributed by atoms with E-state index in [9.17, 15) is 10.1 Å². The first-order valence-corrected chi connectivity index (χ1v) is 11.2. The molecule has 2 N–H and O–H groups in total. The quantitative estimate of drug-likeness (QED) is 0.386. The van der Waals surface area contributed by atoms with Gasteiger partial charge in [-0.05, 0) is 86.0 Å². The van der Waals surface area contributed by atoms with Crippen LogP contribution in [0, 0.1) is 18.3 Å². The molecule has 0 atom stereocenters. The lowest BCUT2D eigenvalue weighted by molar-refractivity contribution is 0.102. The molecule has 35 heavy (non-hydrogen) atoms. The molecule has 0 aliphatic heterocycles. The number of nitrogens with one attached hydrogen (secondary N) is 2. The zero-order chi connectivity index (χ0) is 25.0. The first-order valence-electron chi connectivity index (χ1n) is 11.2. The maximum atomic E-state index is 13.0. The SMILES string of the molecule is CNc1cc(-c2cc(-c3cc(NC(=O)c4ccnc(C(C)(C)C#N)c4)ccc3C)ccn2)ccn1.